The number of anilines is 1. The van der Waals surface area contributed by atoms with Crippen LogP contribution in [0.15, 0.2) is 42.5 Å². The van der Waals surface area contributed by atoms with Gasteiger partial charge in [0.2, 0.25) is 0 Å². The summed E-state index contributed by atoms with van der Waals surface area (Å²) in [7, 11) is 0. The molecule has 5 heteroatoms. The lowest BCUT2D eigenvalue weighted by atomic mass is 9.97. The first-order valence-electron chi connectivity index (χ1n) is 7.89. The molecule has 24 heavy (non-hydrogen) atoms. The molecule has 1 atom stereocenters. The van der Waals surface area contributed by atoms with Crippen LogP contribution in [-0.4, -0.2) is 11.0 Å². The second kappa shape index (κ2) is 8.27. The van der Waals surface area contributed by atoms with Crippen molar-refractivity contribution >= 4 is 40.5 Å². The lowest BCUT2D eigenvalue weighted by Crippen LogP contribution is -2.34. The first-order valence-corrected chi connectivity index (χ1v) is 8.68. The molecule has 1 amide bonds. The Bertz CT molecular complexity index is 761. The molecule has 0 aliphatic carbocycles. The number of halogens is 1. The lowest BCUT2D eigenvalue weighted by Gasteiger charge is -2.17. The van der Waals surface area contributed by atoms with Gasteiger partial charge in [-0.2, -0.15) is 0 Å². The van der Waals surface area contributed by atoms with Crippen molar-refractivity contribution < 1.29 is 4.79 Å². The molecule has 0 heterocycles. The summed E-state index contributed by atoms with van der Waals surface area (Å²) in [4.78, 5) is 12.3. The maximum Gasteiger partial charge on any atom is 0.258 e. The SMILES string of the molecule is CC[C@@H](C)c1ccccc1NC(=S)NC(=O)c1ccc(C)cc1Cl. The minimum absolute atomic E-state index is 0.257. The predicted octanol–water partition coefficient (Wildman–Crippen LogP) is 5.29. The largest absolute Gasteiger partial charge is 0.332 e. The number of aryl methyl sites for hydroxylation is 1. The van der Waals surface area contributed by atoms with Crippen molar-refractivity contribution in [2.24, 2.45) is 0 Å². The van der Waals surface area contributed by atoms with Gasteiger partial charge in [0.15, 0.2) is 5.11 Å². The number of rotatable bonds is 4. The second-order valence-electron chi connectivity index (χ2n) is 5.79. The third-order valence-corrected chi connectivity index (χ3v) is 4.47. The van der Waals surface area contributed by atoms with E-state index in [4.69, 9.17) is 23.8 Å². The Labute approximate surface area is 153 Å². The Hall–Kier alpha value is -1.91. The predicted molar refractivity (Wildman–Crippen MR) is 105 cm³/mol. The number of para-hydroxylation sites is 1. The van der Waals surface area contributed by atoms with Crippen molar-refractivity contribution in [2.45, 2.75) is 33.1 Å². The van der Waals surface area contributed by atoms with Gasteiger partial charge in [-0.3, -0.25) is 10.1 Å². The number of carbonyl (C=O) groups excluding carboxylic acids is 1. The summed E-state index contributed by atoms with van der Waals surface area (Å²) in [6, 6.07) is 13.3. The van der Waals surface area contributed by atoms with E-state index in [0.717, 1.165) is 17.7 Å². The van der Waals surface area contributed by atoms with Crippen LogP contribution in [0.2, 0.25) is 5.02 Å². The standard InChI is InChI=1S/C19H21ClN2OS/c1-4-13(3)14-7-5-6-8-17(14)21-19(24)22-18(23)15-10-9-12(2)11-16(15)20/h5-11,13H,4H2,1-3H3,(H2,21,22,23,24)/t13-/m1/s1. The Morgan fingerprint density at radius 3 is 2.62 bits per heavy atom. The highest BCUT2D eigenvalue weighted by molar-refractivity contribution is 7.80. The molecule has 126 valence electrons. The monoisotopic (exact) mass is 360 g/mol. The van der Waals surface area contributed by atoms with Gasteiger partial charge in [-0.25, -0.2) is 0 Å². The van der Waals surface area contributed by atoms with Gasteiger partial charge in [-0.05, 0) is 60.8 Å². The molecule has 0 saturated heterocycles. The van der Waals surface area contributed by atoms with Crippen LogP contribution in [0.3, 0.4) is 0 Å². The van der Waals surface area contributed by atoms with Crippen molar-refractivity contribution in [2.75, 3.05) is 5.32 Å². The molecule has 0 unspecified atom stereocenters. The van der Waals surface area contributed by atoms with Crippen molar-refractivity contribution in [1.82, 2.24) is 5.32 Å². The molecule has 2 aromatic carbocycles. The Morgan fingerprint density at radius 2 is 1.96 bits per heavy atom. The number of carbonyl (C=O) groups is 1. The highest BCUT2D eigenvalue weighted by Gasteiger charge is 2.14. The molecule has 0 saturated carbocycles. The van der Waals surface area contributed by atoms with Crippen LogP contribution in [0.1, 0.15) is 47.7 Å². The third kappa shape index (κ3) is 4.56. The molecule has 0 fully saturated rings. The number of benzene rings is 2. The van der Waals surface area contributed by atoms with E-state index in [1.807, 2.05) is 31.2 Å². The summed E-state index contributed by atoms with van der Waals surface area (Å²) in [5, 5.41) is 6.47. The van der Waals surface area contributed by atoms with Gasteiger partial charge in [0.25, 0.3) is 5.91 Å². The second-order valence-corrected chi connectivity index (χ2v) is 6.60. The summed E-state index contributed by atoms with van der Waals surface area (Å²) in [5.41, 5.74) is 3.48. The zero-order valence-electron chi connectivity index (χ0n) is 14.0. The number of amides is 1. The Kier molecular flexibility index (Phi) is 6.35. The highest BCUT2D eigenvalue weighted by Crippen LogP contribution is 2.26. The van der Waals surface area contributed by atoms with E-state index in [1.165, 1.54) is 5.56 Å². The Morgan fingerprint density at radius 1 is 1.25 bits per heavy atom. The molecule has 0 aromatic heterocycles. The van der Waals surface area contributed by atoms with Crippen molar-refractivity contribution in [3.8, 4) is 0 Å². The summed E-state index contributed by atoms with van der Waals surface area (Å²) < 4.78 is 0. The maximum absolute atomic E-state index is 12.3. The fraction of sp³-hybridized carbons (Fsp3) is 0.263. The number of hydrogen-bond acceptors (Lipinski definition) is 2. The average Bonchev–Trinajstić information content (AvgIpc) is 2.54. The normalized spacial score (nSPS) is 11.7. The molecular formula is C19H21ClN2OS. The van der Waals surface area contributed by atoms with E-state index in [2.05, 4.69) is 30.5 Å². The molecule has 0 aliphatic heterocycles. The van der Waals surface area contributed by atoms with Gasteiger partial charge in [-0.15, -0.1) is 0 Å². The Balaban J connectivity index is 2.10. The zero-order chi connectivity index (χ0) is 17.7. The number of thiocarbonyl (C=S) groups is 1. The molecule has 3 nitrogen and oxygen atoms in total. The molecule has 0 spiro atoms. The van der Waals surface area contributed by atoms with Gasteiger partial charge < -0.3 is 5.32 Å². The maximum atomic E-state index is 12.3. The minimum atomic E-state index is -0.321. The van der Waals surface area contributed by atoms with Crippen LogP contribution in [0.5, 0.6) is 0 Å². The topological polar surface area (TPSA) is 41.1 Å². The van der Waals surface area contributed by atoms with Crippen LogP contribution >= 0.6 is 23.8 Å². The minimum Gasteiger partial charge on any atom is -0.332 e. The van der Waals surface area contributed by atoms with Crippen molar-refractivity contribution in [1.29, 1.82) is 0 Å². The first-order chi connectivity index (χ1) is 11.4. The summed E-state index contributed by atoms with van der Waals surface area (Å²) in [5.74, 6) is 0.0808. The molecule has 0 aliphatic rings. The van der Waals surface area contributed by atoms with Gasteiger partial charge in [0.1, 0.15) is 0 Å². The molecule has 0 radical (unpaired) electrons. The zero-order valence-corrected chi connectivity index (χ0v) is 15.6. The van der Waals surface area contributed by atoms with E-state index in [0.29, 0.717) is 16.5 Å². The van der Waals surface area contributed by atoms with Gasteiger partial charge in [0.05, 0.1) is 10.6 Å². The smallest absolute Gasteiger partial charge is 0.258 e. The van der Waals surface area contributed by atoms with E-state index in [9.17, 15) is 4.79 Å². The van der Waals surface area contributed by atoms with Crippen LogP contribution in [0, 0.1) is 6.92 Å². The summed E-state index contributed by atoms with van der Waals surface area (Å²) >= 11 is 11.4. The lowest BCUT2D eigenvalue weighted by molar-refractivity contribution is 0.0978. The van der Waals surface area contributed by atoms with E-state index >= 15 is 0 Å². The summed E-state index contributed by atoms with van der Waals surface area (Å²) in [6.45, 7) is 6.22. The van der Waals surface area contributed by atoms with Crippen LogP contribution in [-0.2, 0) is 0 Å². The fourth-order valence-electron chi connectivity index (χ4n) is 2.39. The average molecular weight is 361 g/mol. The van der Waals surface area contributed by atoms with Gasteiger partial charge in [0, 0.05) is 5.69 Å². The van der Waals surface area contributed by atoms with E-state index < -0.39 is 0 Å². The van der Waals surface area contributed by atoms with E-state index in [1.54, 1.807) is 12.1 Å². The van der Waals surface area contributed by atoms with Crippen LogP contribution in [0.25, 0.3) is 0 Å². The highest BCUT2D eigenvalue weighted by atomic mass is 35.5. The number of hydrogen-bond donors (Lipinski definition) is 2. The summed E-state index contributed by atoms with van der Waals surface area (Å²) in [6.07, 6.45) is 1.02. The van der Waals surface area contributed by atoms with Gasteiger partial charge >= 0.3 is 0 Å². The third-order valence-electron chi connectivity index (χ3n) is 3.95. The van der Waals surface area contributed by atoms with Crippen molar-refractivity contribution in [3.05, 3.63) is 64.2 Å². The molecule has 2 rings (SSSR count). The molecular weight excluding hydrogens is 340 g/mol. The van der Waals surface area contributed by atoms with E-state index in [-0.39, 0.29) is 11.0 Å². The quantitative estimate of drug-likeness (QED) is 0.728. The molecule has 2 aromatic rings. The van der Waals surface area contributed by atoms with Gasteiger partial charge in [-0.1, -0.05) is 49.7 Å². The fourth-order valence-corrected chi connectivity index (χ4v) is 2.91. The molecule has 0 bridgehead atoms. The number of nitrogens with one attached hydrogen (secondary N) is 2. The first kappa shape index (κ1) is 18.4. The van der Waals surface area contributed by atoms with Crippen LogP contribution < -0.4 is 10.6 Å². The molecule has 2 N–H and O–H groups in total. The van der Waals surface area contributed by atoms with Crippen molar-refractivity contribution in [3.63, 3.8) is 0 Å². The van der Waals surface area contributed by atoms with Crippen LogP contribution in [0.4, 0.5) is 5.69 Å².